The van der Waals surface area contributed by atoms with Gasteiger partial charge in [0, 0.05) is 0 Å². The van der Waals surface area contributed by atoms with Gasteiger partial charge in [-0.3, -0.25) is 0 Å². The molecule has 1 aromatic heterocycles. The van der Waals surface area contributed by atoms with E-state index in [4.69, 9.17) is 4.74 Å². The zero-order valence-electron chi connectivity index (χ0n) is 10.1. The molecule has 0 fully saturated rings. The Labute approximate surface area is 118 Å². The summed E-state index contributed by atoms with van der Waals surface area (Å²) in [5.41, 5.74) is 2.40. The first kappa shape index (κ1) is 12.0. The zero-order chi connectivity index (χ0) is 13.4. The van der Waals surface area contributed by atoms with Crippen LogP contribution >= 0.6 is 15.9 Å². The molecule has 4 nitrogen and oxygen atoms in total. The lowest BCUT2D eigenvalue weighted by Gasteiger charge is -2.07. The van der Waals surface area contributed by atoms with Crippen LogP contribution in [0.2, 0.25) is 0 Å². The number of hydrogen-bond acceptors (Lipinski definition) is 3. The van der Waals surface area contributed by atoms with Crippen LogP contribution in [0.3, 0.4) is 0 Å². The van der Waals surface area contributed by atoms with Crippen LogP contribution in [0, 0.1) is 0 Å². The number of H-pyrrole nitrogens is 1. The molecular formula is C14H11BrN2O2. The number of hydrogen-bond donors (Lipinski definition) is 2. The van der Waals surface area contributed by atoms with Gasteiger partial charge in [0.05, 0.1) is 28.2 Å². The third kappa shape index (κ3) is 2.06. The van der Waals surface area contributed by atoms with Crippen LogP contribution in [0.15, 0.2) is 40.9 Å². The fourth-order valence-electron chi connectivity index (χ4n) is 1.97. The molecule has 19 heavy (non-hydrogen) atoms. The molecule has 0 aliphatic rings. The average molecular weight is 319 g/mol. The molecule has 0 saturated carbocycles. The second-order valence-electron chi connectivity index (χ2n) is 4.11. The van der Waals surface area contributed by atoms with E-state index in [-0.39, 0.29) is 5.75 Å². The van der Waals surface area contributed by atoms with Crippen LogP contribution in [-0.4, -0.2) is 22.2 Å². The summed E-state index contributed by atoms with van der Waals surface area (Å²) in [6.07, 6.45) is 0. The van der Waals surface area contributed by atoms with Gasteiger partial charge in [-0.05, 0) is 40.2 Å². The highest BCUT2D eigenvalue weighted by Crippen LogP contribution is 2.37. The monoisotopic (exact) mass is 318 g/mol. The number of phenolic OH excluding ortho intramolecular Hbond substituents is 1. The van der Waals surface area contributed by atoms with Crippen molar-refractivity contribution in [2.24, 2.45) is 0 Å². The van der Waals surface area contributed by atoms with Crippen molar-refractivity contribution in [3.05, 3.63) is 40.9 Å². The fraction of sp³-hybridized carbons (Fsp3) is 0.0714. The van der Waals surface area contributed by atoms with Crippen LogP contribution in [0.5, 0.6) is 11.5 Å². The number of phenols is 1. The quantitative estimate of drug-likeness (QED) is 0.757. The molecule has 3 aromatic rings. The van der Waals surface area contributed by atoms with E-state index in [1.807, 2.05) is 24.3 Å². The minimum atomic E-state index is 0.145. The lowest BCUT2D eigenvalue weighted by Crippen LogP contribution is -1.88. The largest absolute Gasteiger partial charge is 0.507 e. The average Bonchev–Trinajstić information content (AvgIpc) is 2.82. The second kappa shape index (κ2) is 4.59. The Morgan fingerprint density at radius 2 is 2.05 bits per heavy atom. The Kier molecular flexibility index (Phi) is 2.91. The third-order valence-electron chi connectivity index (χ3n) is 2.91. The Balaban J connectivity index is 2.20. The summed E-state index contributed by atoms with van der Waals surface area (Å²) in [6, 6.07) is 11.1. The van der Waals surface area contributed by atoms with Crippen molar-refractivity contribution in [1.29, 1.82) is 0 Å². The van der Waals surface area contributed by atoms with E-state index in [9.17, 15) is 5.11 Å². The molecule has 96 valence electrons. The number of ether oxygens (including phenoxy) is 1. The van der Waals surface area contributed by atoms with Crippen molar-refractivity contribution < 1.29 is 9.84 Å². The van der Waals surface area contributed by atoms with Crippen molar-refractivity contribution in [2.45, 2.75) is 0 Å². The lowest BCUT2D eigenvalue weighted by atomic mass is 10.2. The molecule has 2 aromatic carbocycles. The molecule has 0 saturated heterocycles. The number of aromatic nitrogens is 2. The van der Waals surface area contributed by atoms with Crippen LogP contribution in [0.4, 0.5) is 0 Å². The van der Waals surface area contributed by atoms with Crippen LogP contribution in [0.1, 0.15) is 0 Å². The highest BCUT2D eigenvalue weighted by atomic mass is 79.9. The summed E-state index contributed by atoms with van der Waals surface area (Å²) in [4.78, 5) is 7.64. The molecule has 2 N–H and O–H groups in total. The van der Waals surface area contributed by atoms with Crippen LogP contribution in [-0.2, 0) is 0 Å². The molecule has 5 heteroatoms. The minimum Gasteiger partial charge on any atom is -0.507 e. The molecule has 3 rings (SSSR count). The van der Waals surface area contributed by atoms with Gasteiger partial charge in [-0.2, -0.15) is 0 Å². The van der Waals surface area contributed by atoms with Gasteiger partial charge in [-0.15, -0.1) is 0 Å². The molecule has 0 unspecified atom stereocenters. The van der Waals surface area contributed by atoms with Gasteiger partial charge >= 0.3 is 0 Å². The Bertz CT molecular complexity index is 719. The van der Waals surface area contributed by atoms with Crippen molar-refractivity contribution in [1.82, 2.24) is 9.97 Å². The van der Waals surface area contributed by atoms with E-state index < -0.39 is 0 Å². The number of nitrogens with zero attached hydrogens (tertiary/aromatic N) is 1. The summed E-state index contributed by atoms with van der Waals surface area (Å²) >= 11 is 3.33. The molecule has 0 aliphatic carbocycles. The number of aromatic hydroxyl groups is 1. The second-order valence-corrected chi connectivity index (χ2v) is 4.96. The summed E-state index contributed by atoms with van der Waals surface area (Å²) in [5, 5.41) is 10.0. The molecular weight excluding hydrogens is 308 g/mol. The number of fused-ring (bicyclic) bond motifs is 1. The molecule has 0 aliphatic heterocycles. The van der Waals surface area contributed by atoms with Gasteiger partial charge in [0.25, 0.3) is 0 Å². The minimum absolute atomic E-state index is 0.145. The van der Waals surface area contributed by atoms with Gasteiger partial charge in [-0.1, -0.05) is 12.1 Å². The number of rotatable bonds is 2. The summed E-state index contributed by atoms with van der Waals surface area (Å²) in [5.74, 6) is 1.41. The van der Waals surface area contributed by atoms with Crippen molar-refractivity contribution in [2.75, 3.05) is 7.11 Å². The van der Waals surface area contributed by atoms with E-state index in [0.29, 0.717) is 21.6 Å². The summed E-state index contributed by atoms with van der Waals surface area (Å²) in [6.45, 7) is 0. The predicted octanol–water partition coefficient (Wildman–Crippen LogP) is 3.71. The van der Waals surface area contributed by atoms with Crippen molar-refractivity contribution >= 4 is 27.0 Å². The number of imidazole rings is 1. The molecule has 0 spiro atoms. The highest BCUT2D eigenvalue weighted by molar-refractivity contribution is 9.10. The molecule has 0 amide bonds. The van der Waals surface area contributed by atoms with Crippen molar-refractivity contribution in [3.8, 4) is 22.9 Å². The SMILES string of the molecule is COc1cc(-c2nc3ccccc3[nH]2)c(O)cc1Br. The first-order chi connectivity index (χ1) is 9.19. The molecule has 0 bridgehead atoms. The molecule has 0 radical (unpaired) electrons. The first-order valence-electron chi connectivity index (χ1n) is 5.70. The number of halogens is 1. The number of para-hydroxylation sites is 2. The first-order valence-corrected chi connectivity index (χ1v) is 6.50. The maximum Gasteiger partial charge on any atom is 0.142 e. The Morgan fingerprint density at radius 3 is 2.79 bits per heavy atom. The van der Waals surface area contributed by atoms with Crippen LogP contribution < -0.4 is 4.74 Å². The van der Waals surface area contributed by atoms with E-state index in [1.54, 1.807) is 19.2 Å². The molecule has 1 heterocycles. The predicted molar refractivity (Wildman–Crippen MR) is 77.4 cm³/mol. The standard InChI is InChI=1S/C14H11BrN2O2/c1-19-13-6-8(12(18)7-9(13)15)14-16-10-4-2-3-5-11(10)17-14/h2-7,18H,1H3,(H,16,17). The zero-order valence-corrected chi connectivity index (χ0v) is 11.7. The Morgan fingerprint density at radius 1 is 1.26 bits per heavy atom. The van der Waals surface area contributed by atoms with Crippen LogP contribution in [0.25, 0.3) is 22.4 Å². The van der Waals surface area contributed by atoms with Gasteiger partial charge in [-0.25, -0.2) is 4.98 Å². The van der Waals surface area contributed by atoms with Gasteiger partial charge < -0.3 is 14.8 Å². The van der Waals surface area contributed by atoms with Gasteiger partial charge in [0.15, 0.2) is 0 Å². The number of methoxy groups -OCH3 is 1. The maximum atomic E-state index is 10.0. The highest BCUT2D eigenvalue weighted by Gasteiger charge is 2.13. The van der Waals surface area contributed by atoms with E-state index >= 15 is 0 Å². The number of nitrogens with one attached hydrogen (secondary N) is 1. The van der Waals surface area contributed by atoms with Crippen molar-refractivity contribution in [3.63, 3.8) is 0 Å². The number of benzene rings is 2. The summed E-state index contributed by atoms with van der Waals surface area (Å²) in [7, 11) is 1.58. The van der Waals surface area contributed by atoms with Gasteiger partial charge in [0.2, 0.25) is 0 Å². The van der Waals surface area contributed by atoms with Gasteiger partial charge in [0.1, 0.15) is 17.3 Å². The molecule has 0 atom stereocenters. The third-order valence-corrected chi connectivity index (χ3v) is 3.53. The smallest absolute Gasteiger partial charge is 0.142 e. The Hall–Kier alpha value is -2.01. The summed E-state index contributed by atoms with van der Waals surface area (Å²) < 4.78 is 5.94. The maximum absolute atomic E-state index is 10.0. The number of aromatic amines is 1. The topological polar surface area (TPSA) is 58.1 Å². The normalized spacial score (nSPS) is 10.8. The lowest BCUT2D eigenvalue weighted by molar-refractivity contribution is 0.410. The fourth-order valence-corrected chi connectivity index (χ4v) is 2.46. The van der Waals surface area contributed by atoms with E-state index in [1.165, 1.54) is 0 Å². The van der Waals surface area contributed by atoms with E-state index in [2.05, 4.69) is 25.9 Å². The van der Waals surface area contributed by atoms with E-state index in [0.717, 1.165) is 11.0 Å².